The highest BCUT2D eigenvalue weighted by Crippen LogP contribution is 2.38. The van der Waals surface area contributed by atoms with Crippen molar-refractivity contribution in [2.75, 3.05) is 38.7 Å². The lowest BCUT2D eigenvalue weighted by atomic mass is 9.90. The summed E-state index contributed by atoms with van der Waals surface area (Å²) in [4.78, 5) is 13.9. The van der Waals surface area contributed by atoms with Gasteiger partial charge in [-0.2, -0.15) is 0 Å². The lowest BCUT2D eigenvalue weighted by Gasteiger charge is -2.36. The fourth-order valence-electron chi connectivity index (χ4n) is 3.38. The first-order chi connectivity index (χ1) is 11.1. The van der Waals surface area contributed by atoms with E-state index in [9.17, 15) is 9.90 Å². The Balaban J connectivity index is 1.89. The van der Waals surface area contributed by atoms with E-state index in [1.54, 1.807) is 7.11 Å². The SMILES string of the molecule is COc1ccc(C(O)C(C)N2CCOCC2)c2c1NC(=O)CC2. The van der Waals surface area contributed by atoms with E-state index in [0.29, 0.717) is 37.5 Å². The average molecular weight is 320 g/mol. The molecule has 1 fully saturated rings. The molecular formula is C17H24N2O4. The molecule has 0 bridgehead atoms. The molecule has 3 rings (SSSR count). The fraction of sp³-hybridized carbons (Fsp3) is 0.588. The van der Waals surface area contributed by atoms with Gasteiger partial charge < -0.3 is 19.9 Å². The Morgan fingerprint density at radius 3 is 2.74 bits per heavy atom. The molecule has 6 nitrogen and oxygen atoms in total. The summed E-state index contributed by atoms with van der Waals surface area (Å²) < 4.78 is 10.7. The number of nitrogens with zero attached hydrogens (tertiary/aromatic N) is 1. The van der Waals surface area contributed by atoms with E-state index in [4.69, 9.17) is 9.47 Å². The summed E-state index contributed by atoms with van der Waals surface area (Å²) in [6, 6.07) is 3.72. The number of carbonyl (C=O) groups excluding carboxylic acids is 1. The van der Waals surface area contributed by atoms with Crippen molar-refractivity contribution in [2.24, 2.45) is 0 Å². The second-order valence-electron chi connectivity index (χ2n) is 6.09. The van der Waals surface area contributed by atoms with Gasteiger partial charge in [-0.15, -0.1) is 0 Å². The lowest BCUT2D eigenvalue weighted by Crippen LogP contribution is -2.45. The number of aliphatic hydroxyl groups excluding tert-OH is 1. The summed E-state index contributed by atoms with van der Waals surface area (Å²) >= 11 is 0. The minimum absolute atomic E-state index is 0.00553. The summed E-state index contributed by atoms with van der Waals surface area (Å²) in [5.74, 6) is 0.631. The number of benzene rings is 1. The zero-order chi connectivity index (χ0) is 16.4. The smallest absolute Gasteiger partial charge is 0.224 e. The summed E-state index contributed by atoms with van der Waals surface area (Å²) in [6.07, 6.45) is 0.453. The van der Waals surface area contributed by atoms with Gasteiger partial charge in [0.05, 0.1) is 32.1 Å². The van der Waals surface area contributed by atoms with E-state index in [-0.39, 0.29) is 11.9 Å². The Hall–Kier alpha value is -1.63. The Morgan fingerprint density at radius 2 is 2.04 bits per heavy atom. The van der Waals surface area contributed by atoms with Crippen LogP contribution in [-0.4, -0.2) is 55.4 Å². The van der Waals surface area contributed by atoms with Crippen LogP contribution in [0.25, 0.3) is 0 Å². The molecule has 0 saturated carbocycles. The summed E-state index contributed by atoms with van der Waals surface area (Å²) in [6.45, 7) is 5.09. The van der Waals surface area contributed by atoms with E-state index >= 15 is 0 Å². The Kier molecular flexibility index (Phi) is 4.84. The molecule has 1 amide bonds. The summed E-state index contributed by atoms with van der Waals surface area (Å²) in [5, 5.41) is 13.8. The van der Waals surface area contributed by atoms with Crippen LogP contribution < -0.4 is 10.1 Å². The van der Waals surface area contributed by atoms with Crippen molar-refractivity contribution in [1.82, 2.24) is 4.90 Å². The van der Waals surface area contributed by atoms with Gasteiger partial charge in [-0.25, -0.2) is 0 Å². The molecule has 2 unspecified atom stereocenters. The van der Waals surface area contributed by atoms with Gasteiger partial charge in [-0.05, 0) is 30.5 Å². The van der Waals surface area contributed by atoms with Gasteiger partial charge in [0.1, 0.15) is 5.75 Å². The molecule has 1 aromatic carbocycles. The third kappa shape index (κ3) is 3.20. The van der Waals surface area contributed by atoms with E-state index in [2.05, 4.69) is 10.2 Å². The van der Waals surface area contributed by atoms with Crippen molar-refractivity contribution in [1.29, 1.82) is 0 Å². The predicted molar refractivity (Wildman–Crippen MR) is 86.8 cm³/mol. The van der Waals surface area contributed by atoms with Gasteiger partial charge in [0, 0.05) is 25.6 Å². The largest absolute Gasteiger partial charge is 0.495 e. The van der Waals surface area contributed by atoms with Crippen LogP contribution in [0.2, 0.25) is 0 Å². The van der Waals surface area contributed by atoms with E-state index in [1.807, 2.05) is 19.1 Å². The minimum Gasteiger partial charge on any atom is -0.495 e. The van der Waals surface area contributed by atoms with Crippen molar-refractivity contribution in [2.45, 2.75) is 31.9 Å². The Labute approximate surface area is 136 Å². The lowest BCUT2D eigenvalue weighted by molar-refractivity contribution is -0.116. The molecule has 2 N–H and O–H groups in total. The zero-order valence-electron chi connectivity index (χ0n) is 13.7. The van der Waals surface area contributed by atoms with Crippen LogP contribution in [0.5, 0.6) is 5.75 Å². The van der Waals surface area contributed by atoms with Crippen molar-refractivity contribution >= 4 is 11.6 Å². The quantitative estimate of drug-likeness (QED) is 0.876. The second-order valence-corrected chi connectivity index (χ2v) is 6.09. The molecule has 0 radical (unpaired) electrons. The van der Waals surface area contributed by atoms with Crippen LogP contribution in [0, 0.1) is 0 Å². The first kappa shape index (κ1) is 16.2. The first-order valence-electron chi connectivity index (χ1n) is 8.11. The molecule has 6 heteroatoms. The second kappa shape index (κ2) is 6.86. The van der Waals surface area contributed by atoms with Crippen LogP contribution >= 0.6 is 0 Å². The molecule has 1 saturated heterocycles. The average Bonchev–Trinajstić information content (AvgIpc) is 2.60. The molecule has 0 aliphatic carbocycles. The summed E-state index contributed by atoms with van der Waals surface area (Å²) in [7, 11) is 1.59. The highest BCUT2D eigenvalue weighted by atomic mass is 16.5. The fourth-order valence-corrected chi connectivity index (χ4v) is 3.38. The number of morpholine rings is 1. The third-order valence-electron chi connectivity index (χ3n) is 4.79. The third-order valence-corrected chi connectivity index (χ3v) is 4.79. The Morgan fingerprint density at radius 1 is 1.30 bits per heavy atom. The van der Waals surface area contributed by atoms with Crippen LogP contribution in [0.4, 0.5) is 5.69 Å². The number of methoxy groups -OCH3 is 1. The number of hydrogen-bond acceptors (Lipinski definition) is 5. The molecule has 126 valence electrons. The van der Waals surface area contributed by atoms with Crippen LogP contribution in [0.15, 0.2) is 12.1 Å². The molecule has 2 aliphatic rings. The number of rotatable bonds is 4. The number of amides is 1. The number of hydrogen-bond donors (Lipinski definition) is 2. The maximum atomic E-state index is 11.7. The molecule has 0 spiro atoms. The first-order valence-corrected chi connectivity index (χ1v) is 8.11. The van der Waals surface area contributed by atoms with Crippen molar-refractivity contribution in [3.05, 3.63) is 23.3 Å². The van der Waals surface area contributed by atoms with Crippen molar-refractivity contribution in [3.8, 4) is 5.75 Å². The Bertz CT molecular complexity index is 584. The van der Waals surface area contributed by atoms with Gasteiger partial charge >= 0.3 is 0 Å². The molecule has 2 heterocycles. The van der Waals surface area contributed by atoms with Crippen molar-refractivity contribution in [3.63, 3.8) is 0 Å². The predicted octanol–water partition coefficient (Wildman–Crippen LogP) is 1.33. The van der Waals surface area contributed by atoms with Crippen molar-refractivity contribution < 1.29 is 19.4 Å². The summed E-state index contributed by atoms with van der Waals surface area (Å²) in [5.41, 5.74) is 2.56. The number of fused-ring (bicyclic) bond motifs is 1. The highest BCUT2D eigenvalue weighted by molar-refractivity contribution is 5.96. The highest BCUT2D eigenvalue weighted by Gasteiger charge is 2.29. The molecule has 23 heavy (non-hydrogen) atoms. The van der Waals surface area contributed by atoms with Crippen LogP contribution in [0.3, 0.4) is 0 Å². The van der Waals surface area contributed by atoms with Gasteiger partial charge in [0.25, 0.3) is 0 Å². The van der Waals surface area contributed by atoms with Gasteiger partial charge in [0.2, 0.25) is 5.91 Å². The monoisotopic (exact) mass is 320 g/mol. The van der Waals surface area contributed by atoms with Crippen LogP contribution in [-0.2, 0) is 16.0 Å². The molecule has 0 aromatic heterocycles. The van der Waals surface area contributed by atoms with Crippen LogP contribution in [0.1, 0.15) is 30.6 Å². The number of ether oxygens (including phenoxy) is 2. The van der Waals surface area contributed by atoms with E-state index in [1.165, 1.54) is 0 Å². The maximum Gasteiger partial charge on any atom is 0.224 e. The number of aliphatic hydroxyl groups is 1. The standard InChI is InChI=1S/C17H24N2O4/c1-11(19-7-9-23-10-8-19)17(21)13-3-5-14(22-2)16-12(13)4-6-15(20)18-16/h3,5,11,17,21H,4,6-10H2,1-2H3,(H,18,20). The van der Waals surface area contributed by atoms with Gasteiger partial charge in [-0.3, -0.25) is 9.69 Å². The molecule has 2 aliphatic heterocycles. The normalized spacial score (nSPS) is 21.3. The number of nitrogens with one attached hydrogen (secondary N) is 1. The molecule has 1 aromatic rings. The molecule has 2 atom stereocenters. The van der Waals surface area contributed by atoms with E-state index in [0.717, 1.165) is 24.2 Å². The minimum atomic E-state index is -0.609. The molecular weight excluding hydrogens is 296 g/mol. The maximum absolute atomic E-state index is 11.7. The van der Waals surface area contributed by atoms with Gasteiger partial charge in [0.15, 0.2) is 0 Å². The topological polar surface area (TPSA) is 71.0 Å². The number of carbonyl (C=O) groups is 1. The van der Waals surface area contributed by atoms with Gasteiger partial charge in [-0.1, -0.05) is 6.07 Å². The number of anilines is 1. The van der Waals surface area contributed by atoms with E-state index < -0.39 is 6.10 Å². The zero-order valence-corrected chi connectivity index (χ0v) is 13.7.